The summed E-state index contributed by atoms with van der Waals surface area (Å²) in [5.74, 6) is 0.449. The summed E-state index contributed by atoms with van der Waals surface area (Å²) in [4.78, 5) is 16.8. The highest BCUT2D eigenvalue weighted by Gasteiger charge is 2.22. The number of sulfonamides is 1. The Bertz CT molecular complexity index is 914. The van der Waals surface area contributed by atoms with E-state index in [0.717, 1.165) is 19.6 Å². The van der Waals surface area contributed by atoms with Crippen molar-refractivity contribution in [3.63, 3.8) is 0 Å². The highest BCUT2D eigenvalue weighted by Crippen LogP contribution is 2.17. The Balaban J connectivity index is 1.55. The summed E-state index contributed by atoms with van der Waals surface area (Å²) >= 11 is 0. The standard InChI is InChI=1S/C21H27N3O3S/c1-16(2)18-5-3-17(4-6-18)15-23-11-13-24(14-12-23)21(25)19-7-9-20(10-8-19)28(22,26)27/h3-10,16H,11-15H2,1-2H3,(H2,22,26,27). The molecule has 1 fully saturated rings. The quantitative estimate of drug-likeness (QED) is 0.834. The van der Waals surface area contributed by atoms with Crippen LogP contribution < -0.4 is 5.14 Å². The van der Waals surface area contributed by atoms with Crippen LogP contribution in [0.25, 0.3) is 0 Å². The van der Waals surface area contributed by atoms with Crippen molar-refractivity contribution >= 4 is 15.9 Å². The molecule has 1 amide bonds. The Labute approximate surface area is 167 Å². The molecule has 1 aliphatic heterocycles. The largest absolute Gasteiger partial charge is 0.336 e. The maximum Gasteiger partial charge on any atom is 0.253 e. The number of carbonyl (C=O) groups excluding carboxylic acids is 1. The van der Waals surface area contributed by atoms with Crippen molar-refractivity contribution in [1.29, 1.82) is 0 Å². The van der Waals surface area contributed by atoms with Gasteiger partial charge in [-0.3, -0.25) is 9.69 Å². The van der Waals surface area contributed by atoms with E-state index >= 15 is 0 Å². The van der Waals surface area contributed by atoms with Crippen LogP contribution in [-0.2, 0) is 16.6 Å². The molecule has 28 heavy (non-hydrogen) atoms. The first kappa shape index (κ1) is 20.5. The number of benzene rings is 2. The minimum Gasteiger partial charge on any atom is -0.336 e. The van der Waals surface area contributed by atoms with Crippen molar-refractivity contribution in [3.8, 4) is 0 Å². The van der Waals surface area contributed by atoms with Crippen LogP contribution in [-0.4, -0.2) is 50.3 Å². The van der Waals surface area contributed by atoms with Gasteiger partial charge < -0.3 is 4.90 Å². The third-order valence-corrected chi connectivity index (χ3v) is 6.07. The average Bonchev–Trinajstić information content (AvgIpc) is 2.68. The van der Waals surface area contributed by atoms with Crippen LogP contribution in [0.2, 0.25) is 0 Å². The van der Waals surface area contributed by atoms with Crippen molar-refractivity contribution in [2.24, 2.45) is 5.14 Å². The fourth-order valence-corrected chi connectivity index (χ4v) is 3.86. The summed E-state index contributed by atoms with van der Waals surface area (Å²) in [5, 5.41) is 5.10. The molecular formula is C21H27N3O3S. The van der Waals surface area contributed by atoms with Gasteiger partial charge in [0.2, 0.25) is 10.0 Å². The van der Waals surface area contributed by atoms with Crippen molar-refractivity contribution in [3.05, 3.63) is 65.2 Å². The summed E-state index contributed by atoms with van der Waals surface area (Å²) in [6.45, 7) is 8.19. The molecule has 0 atom stereocenters. The van der Waals surface area contributed by atoms with Gasteiger partial charge in [-0.1, -0.05) is 38.1 Å². The number of amides is 1. The zero-order chi connectivity index (χ0) is 20.3. The molecule has 0 aromatic heterocycles. The van der Waals surface area contributed by atoms with Crippen LogP contribution in [0.1, 0.15) is 41.3 Å². The van der Waals surface area contributed by atoms with Crippen LogP contribution >= 0.6 is 0 Å². The second kappa shape index (κ2) is 8.43. The molecule has 2 aromatic rings. The molecule has 0 radical (unpaired) electrons. The Morgan fingerprint density at radius 1 is 0.964 bits per heavy atom. The van der Waals surface area contributed by atoms with Gasteiger partial charge in [-0.15, -0.1) is 0 Å². The predicted molar refractivity (Wildman–Crippen MR) is 110 cm³/mol. The molecule has 0 saturated carbocycles. The van der Waals surface area contributed by atoms with E-state index in [1.165, 1.54) is 35.4 Å². The molecule has 2 N–H and O–H groups in total. The maximum absolute atomic E-state index is 12.7. The summed E-state index contributed by atoms with van der Waals surface area (Å²) < 4.78 is 22.7. The molecule has 0 aliphatic carbocycles. The summed E-state index contributed by atoms with van der Waals surface area (Å²) in [6.07, 6.45) is 0. The number of nitrogens with zero attached hydrogens (tertiary/aromatic N) is 2. The van der Waals surface area contributed by atoms with Crippen LogP contribution in [0.4, 0.5) is 0 Å². The van der Waals surface area contributed by atoms with Crippen molar-refractivity contribution in [2.45, 2.75) is 31.2 Å². The summed E-state index contributed by atoms with van der Waals surface area (Å²) in [7, 11) is -3.75. The number of rotatable bonds is 5. The number of hydrogen-bond acceptors (Lipinski definition) is 4. The second-order valence-corrected chi connectivity index (χ2v) is 9.10. The van der Waals surface area contributed by atoms with Crippen molar-refractivity contribution in [1.82, 2.24) is 9.80 Å². The molecule has 0 bridgehead atoms. The molecule has 1 aliphatic rings. The molecule has 0 spiro atoms. The second-order valence-electron chi connectivity index (χ2n) is 7.53. The molecular weight excluding hydrogens is 374 g/mol. The first-order chi connectivity index (χ1) is 13.2. The molecule has 7 heteroatoms. The fourth-order valence-electron chi connectivity index (χ4n) is 3.34. The topological polar surface area (TPSA) is 83.7 Å². The van der Waals surface area contributed by atoms with E-state index in [1.807, 2.05) is 4.90 Å². The maximum atomic E-state index is 12.7. The third-order valence-electron chi connectivity index (χ3n) is 5.14. The van der Waals surface area contributed by atoms with Crippen LogP contribution in [0, 0.1) is 0 Å². The molecule has 2 aromatic carbocycles. The molecule has 150 valence electrons. The first-order valence-corrected chi connectivity index (χ1v) is 11.0. The van der Waals surface area contributed by atoms with E-state index < -0.39 is 10.0 Å². The Kier molecular flexibility index (Phi) is 6.17. The predicted octanol–water partition coefficient (Wildman–Crippen LogP) is 2.42. The minimum absolute atomic E-state index is 0.0114. The Hall–Kier alpha value is -2.22. The Morgan fingerprint density at radius 2 is 1.54 bits per heavy atom. The Morgan fingerprint density at radius 3 is 2.04 bits per heavy atom. The van der Waals surface area contributed by atoms with E-state index in [1.54, 1.807) is 0 Å². The minimum atomic E-state index is -3.75. The van der Waals surface area contributed by atoms with E-state index in [9.17, 15) is 13.2 Å². The van der Waals surface area contributed by atoms with Gasteiger partial charge >= 0.3 is 0 Å². The van der Waals surface area contributed by atoms with Gasteiger partial charge in [0, 0.05) is 38.3 Å². The lowest BCUT2D eigenvalue weighted by Gasteiger charge is -2.34. The molecule has 0 unspecified atom stereocenters. The lowest BCUT2D eigenvalue weighted by molar-refractivity contribution is 0.0628. The van der Waals surface area contributed by atoms with Crippen molar-refractivity contribution < 1.29 is 13.2 Å². The third kappa shape index (κ3) is 4.98. The van der Waals surface area contributed by atoms with Crippen LogP contribution in [0.5, 0.6) is 0 Å². The van der Waals surface area contributed by atoms with E-state index in [2.05, 4.69) is 43.0 Å². The number of carbonyl (C=O) groups is 1. The van der Waals surface area contributed by atoms with E-state index in [-0.39, 0.29) is 10.8 Å². The number of primary sulfonamides is 1. The molecule has 6 nitrogen and oxygen atoms in total. The molecule has 1 heterocycles. The van der Waals surface area contributed by atoms with Crippen LogP contribution in [0.15, 0.2) is 53.4 Å². The lowest BCUT2D eigenvalue weighted by Crippen LogP contribution is -2.48. The normalized spacial score (nSPS) is 15.8. The van der Waals surface area contributed by atoms with Gasteiger partial charge in [0.25, 0.3) is 5.91 Å². The zero-order valence-electron chi connectivity index (χ0n) is 16.3. The summed E-state index contributed by atoms with van der Waals surface area (Å²) in [5.41, 5.74) is 3.10. The van der Waals surface area contributed by atoms with Crippen molar-refractivity contribution in [2.75, 3.05) is 26.2 Å². The SMILES string of the molecule is CC(C)c1ccc(CN2CCN(C(=O)c3ccc(S(N)(=O)=O)cc3)CC2)cc1. The average molecular weight is 402 g/mol. The fraction of sp³-hybridized carbons (Fsp3) is 0.381. The molecule has 1 saturated heterocycles. The van der Waals surface area contributed by atoms with Crippen LogP contribution in [0.3, 0.4) is 0 Å². The van der Waals surface area contributed by atoms with E-state index in [4.69, 9.17) is 5.14 Å². The highest BCUT2D eigenvalue weighted by atomic mass is 32.2. The van der Waals surface area contributed by atoms with Gasteiger partial charge in [0.15, 0.2) is 0 Å². The summed E-state index contributed by atoms with van der Waals surface area (Å²) in [6, 6.07) is 14.5. The first-order valence-electron chi connectivity index (χ1n) is 9.47. The van der Waals surface area contributed by atoms with Gasteiger partial charge in [0.05, 0.1) is 4.90 Å². The van der Waals surface area contributed by atoms with Gasteiger partial charge in [-0.2, -0.15) is 0 Å². The van der Waals surface area contributed by atoms with E-state index in [0.29, 0.717) is 24.6 Å². The number of hydrogen-bond donors (Lipinski definition) is 1. The highest BCUT2D eigenvalue weighted by molar-refractivity contribution is 7.89. The lowest BCUT2D eigenvalue weighted by atomic mass is 10.0. The zero-order valence-corrected chi connectivity index (χ0v) is 17.2. The smallest absolute Gasteiger partial charge is 0.253 e. The van der Waals surface area contributed by atoms with Gasteiger partial charge in [-0.25, -0.2) is 13.6 Å². The van der Waals surface area contributed by atoms with Gasteiger partial charge in [-0.05, 0) is 41.3 Å². The molecule has 3 rings (SSSR count). The number of piperazine rings is 1. The monoisotopic (exact) mass is 401 g/mol. The van der Waals surface area contributed by atoms with Gasteiger partial charge in [0.1, 0.15) is 0 Å². The number of nitrogens with two attached hydrogens (primary N) is 1.